The minimum Gasteiger partial charge on any atom is -0.395 e. The van der Waals surface area contributed by atoms with E-state index >= 15 is 0 Å². The van der Waals surface area contributed by atoms with Crippen molar-refractivity contribution >= 4 is 11.6 Å². The van der Waals surface area contributed by atoms with Gasteiger partial charge in [-0.3, -0.25) is 4.79 Å². The first kappa shape index (κ1) is 14.6. The second kappa shape index (κ2) is 7.09. The molecular formula is C16H19NO3. The molecule has 20 heavy (non-hydrogen) atoms. The van der Waals surface area contributed by atoms with E-state index in [9.17, 15) is 4.79 Å². The molecule has 1 aromatic carbocycles. The first-order valence-corrected chi connectivity index (χ1v) is 6.82. The smallest absolute Gasteiger partial charge is 0.229 e. The molecule has 4 heteroatoms. The Morgan fingerprint density at radius 2 is 2.30 bits per heavy atom. The van der Waals surface area contributed by atoms with Crippen LogP contribution in [0.25, 0.3) is 0 Å². The molecule has 1 amide bonds. The minimum atomic E-state index is -0.0940. The molecule has 0 aliphatic carbocycles. The van der Waals surface area contributed by atoms with Crippen molar-refractivity contribution in [3.05, 3.63) is 29.8 Å². The maximum absolute atomic E-state index is 12.2. The topological polar surface area (TPSA) is 58.6 Å². The molecule has 0 saturated carbocycles. The lowest BCUT2D eigenvalue weighted by Gasteiger charge is -2.11. The summed E-state index contributed by atoms with van der Waals surface area (Å²) in [5.41, 5.74) is 1.48. The Bertz CT molecular complexity index is 530. The van der Waals surface area contributed by atoms with Gasteiger partial charge in [-0.2, -0.15) is 0 Å². The largest absolute Gasteiger partial charge is 0.395 e. The Hall–Kier alpha value is -1.83. The number of rotatable bonds is 3. The van der Waals surface area contributed by atoms with Crippen molar-refractivity contribution in [1.82, 2.24) is 0 Å². The van der Waals surface area contributed by atoms with Gasteiger partial charge in [0, 0.05) is 12.0 Å². The average Bonchev–Trinajstić information content (AvgIpc) is 2.88. The van der Waals surface area contributed by atoms with E-state index in [0.29, 0.717) is 18.7 Å². The molecule has 0 aromatic heterocycles. The molecule has 1 saturated heterocycles. The second-order valence-electron chi connectivity index (χ2n) is 4.89. The fourth-order valence-corrected chi connectivity index (χ4v) is 2.15. The molecule has 2 rings (SSSR count). The minimum absolute atomic E-state index is 0.0224. The molecule has 1 fully saturated rings. The number of aliphatic hydroxyl groups is 1. The number of ether oxygens (including phenoxy) is 1. The lowest BCUT2D eigenvalue weighted by atomic mass is 10.0. The van der Waals surface area contributed by atoms with Gasteiger partial charge in [-0.15, -0.1) is 0 Å². The van der Waals surface area contributed by atoms with Crippen LogP contribution in [0.2, 0.25) is 0 Å². The highest BCUT2D eigenvalue weighted by atomic mass is 16.5. The third kappa shape index (κ3) is 3.83. The lowest BCUT2D eigenvalue weighted by molar-refractivity contribution is -0.119. The van der Waals surface area contributed by atoms with Crippen molar-refractivity contribution in [3.63, 3.8) is 0 Å². The molecular weight excluding hydrogens is 254 g/mol. The lowest BCUT2D eigenvalue weighted by Crippen LogP contribution is -2.23. The van der Waals surface area contributed by atoms with Crippen molar-refractivity contribution in [1.29, 1.82) is 0 Å². The summed E-state index contributed by atoms with van der Waals surface area (Å²) in [4.78, 5) is 12.2. The van der Waals surface area contributed by atoms with Crippen LogP contribution in [0, 0.1) is 17.8 Å². The van der Waals surface area contributed by atoms with Gasteiger partial charge < -0.3 is 15.2 Å². The zero-order valence-corrected chi connectivity index (χ0v) is 11.6. The molecule has 2 atom stereocenters. The van der Waals surface area contributed by atoms with E-state index in [1.54, 1.807) is 0 Å². The quantitative estimate of drug-likeness (QED) is 0.825. The number of amides is 1. The maximum atomic E-state index is 12.2. The van der Waals surface area contributed by atoms with Gasteiger partial charge in [-0.1, -0.05) is 24.0 Å². The number of benzene rings is 1. The summed E-state index contributed by atoms with van der Waals surface area (Å²) in [5, 5.41) is 11.7. The predicted octanol–water partition coefficient (Wildman–Crippen LogP) is 1.78. The fourth-order valence-electron chi connectivity index (χ4n) is 2.15. The third-order valence-electron chi connectivity index (χ3n) is 3.21. The zero-order valence-electron chi connectivity index (χ0n) is 11.6. The van der Waals surface area contributed by atoms with Gasteiger partial charge >= 0.3 is 0 Å². The number of nitrogens with one attached hydrogen (secondary N) is 1. The molecule has 1 aliphatic rings. The van der Waals surface area contributed by atoms with Gasteiger partial charge in [0.25, 0.3) is 0 Å². The normalized spacial score (nSPS) is 21.1. The number of para-hydroxylation sites is 1. The Kier molecular flexibility index (Phi) is 5.16. The van der Waals surface area contributed by atoms with Gasteiger partial charge in [0.05, 0.1) is 30.9 Å². The van der Waals surface area contributed by atoms with Crippen LogP contribution >= 0.6 is 0 Å². The Morgan fingerprint density at radius 1 is 1.50 bits per heavy atom. The summed E-state index contributed by atoms with van der Waals surface area (Å²) in [6, 6.07) is 7.42. The van der Waals surface area contributed by atoms with Crippen LogP contribution in [-0.4, -0.2) is 30.3 Å². The summed E-state index contributed by atoms with van der Waals surface area (Å²) in [7, 11) is 0. The van der Waals surface area contributed by atoms with Crippen molar-refractivity contribution in [2.45, 2.75) is 25.9 Å². The molecule has 0 radical (unpaired) electrons. The van der Waals surface area contributed by atoms with E-state index in [1.165, 1.54) is 0 Å². The SMILES string of the molecule is CC1CC(C(=O)Nc2ccccc2C#CCCO)CO1. The molecule has 1 aliphatic heterocycles. The van der Waals surface area contributed by atoms with Crippen LogP contribution in [-0.2, 0) is 9.53 Å². The number of anilines is 1. The monoisotopic (exact) mass is 273 g/mol. The first-order chi connectivity index (χ1) is 9.70. The van der Waals surface area contributed by atoms with Crippen LogP contribution in [0.15, 0.2) is 24.3 Å². The van der Waals surface area contributed by atoms with Crippen molar-refractivity contribution in [2.75, 3.05) is 18.5 Å². The molecule has 1 heterocycles. The van der Waals surface area contributed by atoms with Crippen molar-refractivity contribution in [2.24, 2.45) is 5.92 Å². The van der Waals surface area contributed by atoms with Gasteiger partial charge in [-0.25, -0.2) is 0 Å². The molecule has 0 bridgehead atoms. The third-order valence-corrected chi connectivity index (χ3v) is 3.21. The molecule has 0 spiro atoms. The second-order valence-corrected chi connectivity index (χ2v) is 4.89. The molecule has 2 N–H and O–H groups in total. The maximum Gasteiger partial charge on any atom is 0.229 e. The summed E-state index contributed by atoms with van der Waals surface area (Å²) in [6.45, 7) is 2.49. The van der Waals surface area contributed by atoms with Gasteiger partial charge in [0.2, 0.25) is 5.91 Å². The summed E-state index contributed by atoms with van der Waals surface area (Å²) >= 11 is 0. The number of hydrogen-bond donors (Lipinski definition) is 2. The number of aliphatic hydroxyl groups excluding tert-OH is 1. The summed E-state index contributed by atoms with van der Waals surface area (Å²) < 4.78 is 5.42. The van der Waals surface area contributed by atoms with Crippen LogP contribution in [0.1, 0.15) is 25.3 Å². The molecule has 106 valence electrons. The predicted molar refractivity (Wildman–Crippen MR) is 77.2 cm³/mol. The number of carbonyl (C=O) groups excluding carboxylic acids is 1. The van der Waals surface area contributed by atoms with Crippen molar-refractivity contribution in [3.8, 4) is 11.8 Å². The van der Waals surface area contributed by atoms with E-state index in [1.807, 2.05) is 31.2 Å². The number of carbonyl (C=O) groups is 1. The van der Waals surface area contributed by atoms with E-state index in [4.69, 9.17) is 9.84 Å². The van der Waals surface area contributed by atoms with Crippen LogP contribution < -0.4 is 5.32 Å². The molecule has 2 unspecified atom stereocenters. The average molecular weight is 273 g/mol. The first-order valence-electron chi connectivity index (χ1n) is 6.82. The highest BCUT2D eigenvalue weighted by Crippen LogP contribution is 2.22. The fraction of sp³-hybridized carbons (Fsp3) is 0.438. The highest BCUT2D eigenvalue weighted by Gasteiger charge is 2.28. The Morgan fingerprint density at radius 3 is 3.00 bits per heavy atom. The zero-order chi connectivity index (χ0) is 14.4. The number of hydrogen-bond acceptors (Lipinski definition) is 3. The Labute approximate surface area is 119 Å². The molecule has 4 nitrogen and oxygen atoms in total. The van der Waals surface area contributed by atoms with Crippen molar-refractivity contribution < 1.29 is 14.6 Å². The van der Waals surface area contributed by atoms with Crippen LogP contribution in [0.5, 0.6) is 0 Å². The summed E-state index contributed by atoms with van der Waals surface area (Å²) in [6.07, 6.45) is 1.32. The van der Waals surface area contributed by atoms with Gasteiger partial charge in [-0.05, 0) is 25.5 Å². The van der Waals surface area contributed by atoms with E-state index in [-0.39, 0.29) is 24.5 Å². The van der Waals surface area contributed by atoms with Crippen LogP contribution in [0.3, 0.4) is 0 Å². The Balaban J connectivity index is 2.06. The molecule has 1 aromatic rings. The van der Waals surface area contributed by atoms with E-state index < -0.39 is 0 Å². The van der Waals surface area contributed by atoms with E-state index in [2.05, 4.69) is 17.2 Å². The standard InChI is InChI=1S/C16H19NO3/c1-12-10-14(11-20-12)16(19)17-15-8-3-2-6-13(15)7-4-5-9-18/h2-3,6,8,12,14,18H,5,9-11H2,1H3,(H,17,19). The summed E-state index contributed by atoms with van der Waals surface area (Å²) in [5.74, 6) is 5.71. The van der Waals surface area contributed by atoms with Gasteiger partial charge in [0.15, 0.2) is 0 Å². The van der Waals surface area contributed by atoms with E-state index in [0.717, 1.165) is 12.0 Å². The van der Waals surface area contributed by atoms with Gasteiger partial charge in [0.1, 0.15) is 0 Å². The highest BCUT2D eigenvalue weighted by molar-refractivity contribution is 5.94. The van der Waals surface area contributed by atoms with Crippen LogP contribution in [0.4, 0.5) is 5.69 Å².